The molecular formula is C12H17N3OS. The molecule has 1 aromatic rings. The van der Waals surface area contributed by atoms with Gasteiger partial charge in [-0.15, -0.1) is 0 Å². The van der Waals surface area contributed by atoms with Crippen molar-refractivity contribution in [1.82, 2.24) is 10.7 Å². The van der Waals surface area contributed by atoms with Crippen molar-refractivity contribution in [2.24, 2.45) is 5.10 Å². The number of aromatic hydroxyl groups is 1. The quantitative estimate of drug-likeness (QED) is 0.436. The number of thiocarbonyl (C=S) groups is 1. The molecule has 0 saturated heterocycles. The summed E-state index contributed by atoms with van der Waals surface area (Å²) in [7, 11) is 1.72. The minimum atomic E-state index is 0.230. The third kappa shape index (κ3) is 3.71. The van der Waals surface area contributed by atoms with Crippen LogP contribution in [-0.4, -0.2) is 23.0 Å². The molecule has 4 nitrogen and oxygen atoms in total. The van der Waals surface area contributed by atoms with E-state index in [9.17, 15) is 5.11 Å². The van der Waals surface area contributed by atoms with Gasteiger partial charge in [-0.2, -0.15) is 5.10 Å². The number of hydrogen-bond acceptors (Lipinski definition) is 3. The molecule has 92 valence electrons. The molecule has 3 N–H and O–H groups in total. The monoisotopic (exact) mass is 251 g/mol. The lowest BCUT2D eigenvalue weighted by Crippen LogP contribution is -2.29. The highest BCUT2D eigenvalue weighted by atomic mass is 32.1. The maximum absolute atomic E-state index is 9.80. The first-order valence-electron chi connectivity index (χ1n) is 5.42. The van der Waals surface area contributed by atoms with Crippen molar-refractivity contribution in [3.8, 4) is 5.75 Å². The van der Waals surface area contributed by atoms with Crippen molar-refractivity contribution in [1.29, 1.82) is 0 Å². The van der Waals surface area contributed by atoms with Gasteiger partial charge in [0.2, 0.25) is 0 Å². The van der Waals surface area contributed by atoms with Crippen LogP contribution >= 0.6 is 12.2 Å². The average Bonchev–Trinajstić information content (AvgIpc) is 2.33. The van der Waals surface area contributed by atoms with Gasteiger partial charge in [0.15, 0.2) is 5.11 Å². The first-order valence-corrected chi connectivity index (χ1v) is 5.83. The number of nitrogens with one attached hydrogen (secondary N) is 2. The minimum Gasteiger partial charge on any atom is -0.507 e. The summed E-state index contributed by atoms with van der Waals surface area (Å²) in [4.78, 5) is 0. The fourth-order valence-electron chi connectivity index (χ4n) is 1.38. The average molecular weight is 251 g/mol. The van der Waals surface area contributed by atoms with Crippen LogP contribution in [0.1, 0.15) is 24.5 Å². The van der Waals surface area contributed by atoms with Crippen molar-refractivity contribution < 1.29 is 5.11 Å². The van der Waals surface area contributed by atoms with E-state index in [0.717, 1.165) is 16.8 Å². The number of rotatable bonds is 3. The summed E-state index contributed by atoms with van der Waals surface area (Å²) >= 11 is 4.94. The van der Waals surface area contributed by atoms with E-state index in [1.807, 2.05) is 26.0 Å². The van der Waals surface area contributed by atoms with Gasteiger partial charge >= 0.3 is 0 Å². The van der Waals surface area contributed by atoms with Crippen LogP contribution in [-0.2, 0) is 0 Å². The van der Waals surface area contributed by atoms with Gasteiger partial charge in [0.1, 0.15) is 5.75 Å². The Kier molecular flexibility index (Phi) is 4.90. The van der Waals surface area contributed by atoms with Crippen molar-refractivity contribution in [2.75, 3.05) is 7.05 Å². The van der Waals surface area contributed by atoms with Gasteiger partial charge in [-0.3, -0.25) is 5.43 Å². The first-order chi connectivity index (χ1) is 8.08. The summed E-state index contributed by atoms with van der Waals surface area (Å²) in [5.74, 6) is 0.230. The molecule has 0 aliphatic rings. The molecule has 1 aromatic carbocycles. The normalized spacial score (nSPS) is 11.1. The Morgan fingerprint density at radius 2 is 2.18 bits per heavy atom. The maximum atomic E-state index is 9.80. The van der Waals surface area contributed by atoms with Crippen LogP contribution in [0.4, 0.5) is 0 Å². The molecule has 0 spiro atoms. The van der Waals surface area contributed by atoms with E-state index < -0.39 is 0 Å². The van der Waals surface area contributed by atoms with Gasteiger partial charge < -0.3 is 10.4 Å². The molecule has 0 aromatic heterocycles. The fourth-order valence-corrected chi connectivity index (χ4v) is 1.43. The van der Waals surface area contributed by atoms with Crippen LogP contribution in [0.3, 0.4) is 0 Å². The predicted molar refractivity (Wildman–Crippen MR) is 74.5 cm³/mol. The lowest BCUT2D eigenvalue weighted by Gasteiger charge is -2.09. The Morgan fingerprint density at radius 3 is 2.76 bits per heavy atom. The topological polar surface area (TPSA) is 56.7 Å². The smallest absolute Gasteiger partial charge is 0.186 e. The summed E-state index contributed by atoms with van der Waals surface area (Å²) in [6.45, 7) is 3.95. The molecule has 0 amide bonds. The summed E-state index contributed by atoms with van der Waals surface area (Å²) in [6, 6.07) is 5.44. The molecule has 1 rings (SSSR count). The standard InChI is InChI=1S/C12H17N3OS/c1-4-10(14-15-12(17)13-3)9-7-8(2)5-6-11(9)16/h5-7,16H,4H2,1-3H3,(H2,13,15,17)/b14-10+. The van der Waals surface area contributed by atoms with Gasteiger partial charge in [0, 0.05) is 12.6 Å². The lowest BCUT2D eigenvalue weighted by atomic mass is 10.0. The van der Waals surface area contributed by atoms with Crippen molar-refractivity contribution in [2.45, 2.75) is 20.3 Å². The number of hydrogen-bond donors (Lipinski definition) is 3. The molecule has 0 fully saturated rings. The number of nitrogens with zero attached hydrogens (tertiary/aromatic N) is 1. The first kappa shape index (κ1) is 13.4. The highest BCUT2D eigenvalue weighted by Gasteiger charge is 2.07. The fraction of sp³-hybridized carbons (Fsp3) is 0.333. The Bertz CT molecular complexity index is 443. The van der Waals surface area contributed by atoms with Crippen LogP contribution in [0.15, 0.2) is 23.3 Å². The van der Waals surface area contributed by atoms with Crippen LogP contribution in [0, 0.1) is 6.92 Å². The zero-order valence-electron chi connectivity index (χ0n) is 10.2. The summed E-state index contributed by atoms with van der Waals surface area (Å²) in [5, 5.41) is 17.2. The van der Waals surface area contributed by atoms with E-state index >= 15 is 0 Å². The van der Waals surface area contributed by atoms with Crippen molar-refractivity contribution in [3.05, 3.63) is 29.3 Å². The number of phenols is 1. The van der Waals surface area contributed by atoms with E-state index in [4.69, 9.17) is 12.2 Å². The highest BCUT2D eigenvalue weighted by molar-refractivity contribution is 7.80. The zero-order chi connectivity index (χ0) is 12.8. The van der Waals surface area contributed by atoms with Crippen LogP contribution in [0.5, 0.6) is 5.75 Å². The van der Waals surface area contributed by atoms with Crippen molar-refractivity contribution >= 4 is 23.0 Å². The molecule has 0 aliphatic carbocycles. The van der Waals surface area contributed by atoms with Crippen LogP contribution in [0.2, 0.25) is 0 Å². The molecule has 0 heterocycles. The lowest BCUT2D eigenvalue weighted by molar-refractivity contribution is 0.474. The zero-order valence-corrected chi connectivity index (χ0v) is 11.1. The highest BCUT2D eigenvalue weighted by Crippen LogP contribution is 2.20. The van der Waals surface area contributed by atoms with E-state index in [0.29, 0.717) is 11.5 Å². The minimum absolute atomic E-state index is 0.230. The van der Waals surface area contributed by atoms with E-state index in [2.05, 4.69) is 15.8 Å². The molecule has 0 saturated carbocycles. The Balaban J connectivity index is 3.00. The summed E-state index contributed by atoms with van der Waals surface area (Å²) in [6.07, 6.45) is 0.705. The van der Waals surface area contributed by atoms with E-state index in [1.54, 1.807) is 13.1 Å². The molecule has 0 radical (unpaired) electrons. The molecule has 5 heteroatoms. The van der Waals surface area contributed by atoms with Gasteiger partial charge in [-0.05, 0) is 37.7 Å². The Hall–Kier alpha value is -1.62. The van der Waals surface area contributed by atoms with Crippen LogP contribution in [0.25, 0.3) is 0 Å². The largest absolute Gasteiger partial charge is 0.507 e. The molecule has 17 heavy (non-hydrogen) atoms. The SMILES string of the molecule is CC/C(=N\NC(=S)NC)c1cc(C)ccc1O. The molecular weight excluding hydrogens is 234 g/mol. The molecule has 0 bridgehead atoms. The van der Waals surface area contributed by atoms with E-state index in [-0.39, 0.29) is 5.75 Å². The number of phenolic OH excluding ortho intramolecular Hbond substituents is 1. The predicted octanol–water partition coefficient (Wildman–Crippen LogP) is 1.91. The maximum Gasteiger partial charge on any atom is 0.186 e. The number of hydrazone groups is 1. The molecule has 0 unspecified atom stereocenters. The second-order valence-corrected chi connectivity index (χ2v) is 4.03. The summed E-state index contributed by atoms with van der Waals surface area (Å²) in [5.41, 5.74) is 5.31. The molecule has 0 aliphatic heterocycles. The van der Waals surface area contributed by atoms with Gasteiger partial charge in [-0.1, -0.05) is 18.6 Å². The van der Waals surface area contributed by atoms with Crippen molar-refractivity contribution in [3.63, 3.8) is 0 Å². The Morgan fingerprint density at radius 1 is 1.47 bits per heavy atom. The van der Waals surface area contributed by atoms with Gasteiger partial charge in [0.05, 0.1) is 5.71 Å². The third-order valence-corrected chi connectivity index (χ3v) is 2.61. The second-order valence-electron chi connectivity index (χ2n) is 3.62. The molecule has 0 atom stereocenters. The number of aryl methyl sites for hydroxylation is 1. The van der Waals surface area contributed by atoms with Gasteiger partial charge in [0.25, 0.3) is 0 Å². The van der Waals surface area contributed by atoms with E-state index in [1.165, 1.54) is 0 Å². The van der Waals surface area contributed by atoms with Crippen LogP contribution < -0.4 is 10.7 Å². The summed E-state index contributed by atoms with van der Waals surface area (Å²) < 4.78 is 0. The number of benzene rings is 1. The Labute approximate surface area is 107 Å². The third-order valence-electron chi connectivity index (χ3n) is 2.32. The van der Waals surface area contributed by atoms with Gasteiger partial charge in [-0.25, -0.2) is 0 Å². The second kappa shape index (κ2) is 6.20.